The van der Waals surface area contributed by atoms with E-state index in [1.807, 2.05) is 0 Å². The molecule has 1 aliphatic heterocycles. The van der Waals surface area contributed by atoms with Crippen molar-refractivity contribution in [3.63, 3.8) is 0 Å². The molecule has 2 nitrogen and oxygen atoms in total. The molecule has 106 valence electrons. The molecule has 2 fully saturated rings. The fourth-order valence-corrected chi connectivity index (χ4v) is 3.98. The van der Waals surface area contributed by atoms with Crippen molar-refractivity contribution in [3.05, 3.63) is 0 Å². The summed E-state index contributed by atoms with van der Waals surface area (Å²) in [6.07, 6.45) is 9.76. The maximum absolute atomic E-state index is 5.52. The summed E-state index contributed by atoms with van der Waals surface area (Å²) in [5, 5.41) is 3.80. The largest absolute Gasteiger partial charge is 0.381 e. The van der Waals surface area contributed by atoms with Crippen LogP contribution in [0.4, 0.5) is 0 Å². The van der Waals surface area contributed by atoms with Crippen LogP contribution in [0, 0.1) is 17.8 Å². The molecular formula is C16H31NO. The summed E-state index contributed by atoms with van der Waals surface area (Å²) >= 11 is 0. The van der Waals surface area contributed by atoms with Crippen molar-refractivity contribution < 1.29 is 4.74 Å². The predicted octanol–water partition coefficient (Wildman–Crippen LogP) is 3.61. The van der Waals surface area contributed by atoms with E-state index >= 15 is 0 Å². The molecule has 0 aromatic carbocycles. The Labute approximate surface area is 113 Å². The summed E-state index contributed by atoms with van der Waals surface area (Å²) in [5.41, 5.74) is 0. The van der Waals surface area contributed by atoms with E-state index in [2.05, 4.69) is 19.2 Å². The van der Waals surface area contributed by atoms with Gasteiger partial charge in [0.1, 0.15) is 0 Å². The van der Waals surface area contributed by atoms with Crippen LogP contribution in [0.5, 0.6) is 0 Å². The van der Waals surface area contributed by atoms with Crippen LogP contribution in [-0.4, -0.2) is 25.8 Å². The second-order valence-electron chi connectivity index (χ2n) is 6.22. The molecule has 1 saturated heterocycles. The summed E-state index contributed by atoms with van der Waals surface area (Å²) in [5.74, 6) is 2.80. The number of nitrogens with one attached hydrogen (secondary N) is 1. The van der Waals surface area contributed by atoms with E-state index in [0.29, 0.717) is 0 Å². The Kier molecular flexibility index (Phi) is 5.97. The van der Waals surface area contributed by atoms with Crippen LogP contribution in [0.1, 0.15) is 58.8 Å². The second-order valence-corrected chi connectivity index (χ2v) is 6.22. The van der Waals surface area contributed by atoms with Gasteiger partial charge in [-0.3, -0.25) is 0 Å². The van der Waals surface area contributed by atoms with Crippen LogP contribution in [0.25, 0.3) is 0 Å². The molecule has 0 amide bonds. The van der Waals surface area contributed by atoms with Crippen LogP contribution < -0.4 is 5.32 Å². The highest BCUT2D eigenvalue weighted by Crippen LogP contribution is 2.36. The first-order valence-electron chi connectivity index (χ1n) is 8.16. The minimum absolute atomic E-state index is 0.761. The third-order valence-corrected chi connectivity index (χ3v) is 5.19. The highest BCUT2D eigenvalue weighted by Gasteiger charge is 2.32. The molecule has 0 radical (unpaired) electrons. The lowest BCUT2D eigenvalue weighted by Crippen LogP contribution is -2.45. The number of rotatable bonds is 5. The number of hydrogen-bond donors (Lipinski definition) is 1. The number of hydrogen-bond acceptors (Lipinski definition) is 2. The second kappa shape index (κ2) is 7.49. The van der Waals surface area contributed by atoms with Crippen molar-refractivity contribution in [3.8, 4) is 0 Å². The van der Waals surface area contributed by atoms with Gasteiger partial charge in [-0.05, 0) is 50.0 Å². The van der Waals surface area contributed by atoms with Crippen molar-refractivity contribution >= 4 is 0 Å². The van der Waals surface area contributed by atoms with Crippen LogP contribution in [-0.2, 0) is 4.74 Å². The smallest absolute Gasteiger partial charge is 0.0469 e. The van der Waals surface area contributed by atoms with Gasteiger partial charge in [-0.2, -0.15) is 0 Å². The van der Waals surface area contributed by atoms with E-state index in [1.165, 1.54) is 44.9 Å². The fourth-order valence-electron chi connectivity index (χ4n) is 3.98. The molecule has 1 saturated carbocycles. The zero-order valence-electron chi connectivity index (χ0n) is 12.3. The average molecular weight is 253 g/mol. The van der Waals surface area contributed by atoms with Gasteiger partial charge in [0.05, 0.1) is 0 Å². The highest BCUT2D eigenvalue weighted by atomic mass is 16.5. The van der Waals surface area contributed by atoms with Crippen molar-refractivity contribution in [1.29, 1.82) is 0 Å². The first-order chi connectivity index (χ1) is 8.85. The molecular weight excluding hydrogens is 222 g/mol. The van der Waals surface area contributed by atoms with E-state index in [1.54, 1.807) is 0 Å². The van der Waals surface area contributed by atoms with Gasteiger partial charge in [-0.25, -0.2) is 0 Å². The van der Waals surface area contributed by atoms with Gasteiger partial charge in [-0.1, -0.05) is 33.1 Å². The quantitative estimate of drug-likeness (QED) is 0.808. The molecule has 18 heavy (non-hydrogen) atoms. The predicted molar refractivity (Wildman–Crippen MR) is 76.7 cm³/mol. The first kappa shape index (κ1) is 14.3. The van der Waals surface area contributed by atoms with Crippen molar-refractivity contribution in [2.24, 2.45) is 17.8 Å². The third kappa shape index (κ3) is 3.71. The molecule has 2 aliphatic rings. The van der Waals surface area contributed by atoms with Gasteiger partial charge in [-0.15, -0.1) is 0 Å². The van der Waals surface area contributed by atoms with E-state index in [-0.39, 0.29) is 0 Å². The van der Waals surface area contributed by atoms with Crippen molar-refractivity contribution in [2.45, 2.75) is 64.8 Å². The van der Waals surface area contributed by atoms with Crippen molar-refractivity contribution in [2.75, 3.05) is 19.8 Å². The summed E-state index contributed by atoms with van der Waals surface area (Å²) in [7, 11) is 0. The van der Waals surface area contributed by atoms with Gasteiger partial charge in [0, 0.05) is 19.3 Å². The van der Waals surface area contributed by atoms with E-state index in [4.69, 9.17) is 4.74 Å². The average Bonchev–Trinajstić information content (AvgIpc) is 2.46. The molecule has 1 aliphatic carbocycles. The molecule has 1 atom stereocenters. The Hall–Kier alpha value is -0.0800. The monoisotopic (exact) mass is 253 g/mol. The van der Waals surface area contributed by atoms with Gasteiger partial charge in [0.15, 0.2) is 0 Å². The van der Waals surface area contributed by atoms with Gasteiger partial charge in [0.2, 0.25) is 0 Å². The zero-order valence-corrected chi connectivity index (χ0v) is 12.3. The maximum Gasteiger partial charge on any atom is 0.0469 e. The van der Waals surface area contributed by atoms with Crippen molar-refractivity contribution in [1.82, 2.24) is 5.32 Å². The van der Waals surface area contributed by atoms with Crippen LogP contribution in [0.15, 0.2) is 0 Å². The minimum atomic E-state index is 0.761. The first-order valence-corrected chi connectivity index (χ1v) is 8.16. The van der Waals surface area contributed by atoms with Gasteiger partial charge >= 0.3 is 0 Å². The van der Waals surface area contributed by atoms with E-state index in [9.17, 15) is 0 Å². The third-order valence-electron chi connectivity index (χ3n) is 5.19. The molecule has 0 aromatic heterocycles. The lowest BCUT2D eigenvalue weighted by atomic mass is 9.73. The lowest BCUT2D eigenvalue weighted by molar-refractivity contribution is 0.0386. The zero-order chi connectivity index (χ0) is 12.8. The molecule has 1 heterocycles. The molecule has 0 bridgehead atoms. The molecule has 1 N–H and O–H groups in total. The number of ether oxygens (including phenoxy) is 1. The minimum Gasteiger partial charge on any atom is -0.381 e. The Morgan fingerprint density at radius 1 is 0.944 bits per heavy atom. The summed E-state index contributed by atoms with van der Waals surface area (Å²) in [6, 6.07) is 0.761. The van der Waals surface area contributed by atoms with Crippen LogP contribution >= 0.6 is 0 Å². The maximum atomic E-state index is 5.52. The Balaban J connectivity index is 1.88. The molecule has 2 heteroatoms. The molecule has 0 aromatic rings. The molecule has 0 spiro atoms. The Morgan fingerprint density at radius 3 is 2.11 bits per heavy atom. The Bertz CT molecular complexity index is 217. The Morgan fingerprint density at radius 2 is 1.56 bits per heavy atom. The van der Waals surface area contributed by atoms with E-state index in [0.717, 1.165) is 43.6 Å². The standard InChI is InChI=1S/C16H31NO/c1-3-13-5-7-14(8-6-13)16(17-4-2)15-9-11-18-12-10-15/h13-17H,3-12H2,1-2H3. The van der Waals surface area contributed by atoms with Crippen LogP contribution in [0.3, 0.4) is 0 Å². The SMILES string of the molecule is CCNC(C1CCOCC1)C1CCC(CC)CC1. The molecule has 1 unspecified atom stereocenters. The summed E-state index contributed by atoms with van der Waals surface area (Å²) < 4.78 is 5.52. The fraction of sp³-hybridized carbons (Fsp3) is 1.00. The summed E-state index contributed by atoms with van der Waals surface area (Å²) in [6.45, 7) is 7.69. The molecule has 2 rings (SSSR count). The van der Waals surface area contributed by atoms with E-state index < -0.39 is 0 Å². The summed E-state index contributed by atoms with van der Waals surface area (Å²) in [4.78, 5) is 0. The van der Waals surface area contributed by atoms with Gasteiger partial charge in [0.25, 0.3) is 0 Å². The van der Waals surface area contributed by atoms with Crippen LogP contribution in [0.2, 0.25) is 0 Å². The lowest BCUT2D eigenvalue weighted by Gasteiger charge is -2.39. The van der Waals surface area contributed by atoms with Gasteiger partial charge < -0.3 is 10.1 Å². The normalized spacial score (nSPS) is 32.3. The topological polar surface area (TPSA) is 21.3 Å². The highest BCUT2D eigenvalue weighted by molar-refractivity contribution is 4.87.